The number of nitrogens with zero attached hydrogens (tertiary/aromatic N) is 1. The third-order valence-corrected chi connectivity index (χ3v) is 7.79. The lowest BCUT2D eigenvalue weighted by Gasteiger charge is -2.48. The van der Waals surface area contributed by atoms with Crippen LogP contribution < -0.4 is 11.1 Å². The monoisotopic (exact) mass is 505 g/mol. The molecule has 3 aliphatic rings. The molecule has 192 valence electrons. The average molecular weight is 506 g/mol. The molecule has 0 heterocycles. The lowest BCUT2D eigenvalue weighted by Crippen LogP contribution is -2.63. The van der Waals surface area contributed by atoms with E-state index in [0.717, 1.165) is 16.8 Å². The van der Waals surface area contributed by atoms with Crippen molar-refractivity contribution in [3.63, 3.8) is 0 Å². The van der Waals surface area contributed by atoms with Gasteiger partial charge in [0, 0.05) is 18.5 Å². The minimum absolute atomic E-state index is 0.00984. The summed E-state index contributed by atoms with van der Waals surface area (Å²) in [6, 6.07) is 10.4. The second-order valence-electron chi connectivity index (χ2n) is 9.82. The SMILES string of the molecule is CN/C=N\c1ccc(-c2ccc(O)c3c2C[C@H]2C[C@H]4CC(O)C(C(N)=O)C(=O)[C@@]4(O)C(O)=C2C3=O)cc1. The summed E-state index contributed by atoms with van der Waals surface area (Å²) in [5.41, 5.74) is 5.41. The van der Waals surface area contributed by atoms with E-state index < -0.39 is 52.7 Å². The molecule has 0 bridgehead atoms. The van der Waals surface area contributed by atoms with E-state index in [9.17, 15) is 34.8 Å². The molecule has 2 aromatic rings. The van der Waals surface area contributed by atoms with Crippen molar-refractivity contribution in [3.05, 3.63) is 58.9 Å². The highest BCUT2D eigenvalue weighted by molar-refractivity contribution is 6.16. The van der Waals surface area contributed by atoms with E-state index in [4.69, 9.17) is 5.73 Å². The van der Waals surface area contributed by atoms with Gasteiger partial charge in [0.2, 0.25) is 5.91 Å². The van der Waals surface area contributed by atoms with E-state index >= 15 is 0 Å². The molecule has 1 amide bonds. The maximum Gasteiger partial charge on any atom is 0.230 e. The van der Waals surface area contributed by atoms with Gasteiger partial charge in [0.25, 0.3) is 0 Å². The molecule has 3 aliphatic carbocycles. The summed E-state index contributed by atoms with van der Waals surface area (Å²) < 4.78 is 0. The van der Waals surface area contributed by atoms with Gasteiger partial charge in [0.15, 0.2) is 17.2 Å². The van der Waals surface area contributed by atoms with Crippen LogP contribution in [0.1, 0.15) is 28.8 Å². The molecule has 10 heteroatoms. The Bertz CT molecular complexity index is 1380. The number of aliphatic hydroxyl groups is 3. The third-order valence-electron chi connectivity index (χ3n) is 7.79. The van der Waals surface area contributed by atoms with E-state index in [2.05, 4.69) is 10.3 Å². The van der Waals surface area contributed by atoms with Crippen molar-refractivity contribution in [2.24, 2.45) is 28.5 Å². The standard InChI is InChI=1S/C27H27N3O7/c1-29-11-30-15-4-2-12(3-5-15)16-6-7-18(31)21-17(16)9-13-8-14-10-19(32)22(26(28)36)25(35)27(14,37)24(34)20(13)23(21)33/h2-7,11,13-14,19,22,31-32,34,37H,8-10H2,1H3,(H2,28,36)(H,29,30)/t13-,14+,19?,22?,27+/m1/s1. The Balaban J connectivity index is 1.61. The maximum absolute atomic E-state index is 13.7. The maximum atomic E-state index is 13.7. The lowest BCUT2D eigenvalue weighted by atomic mass is 9.57. The van der Waals surface area contributed by atoms with Crippen LogP contribution in [0, 0.1) is 17.8 Å². The number of phenolic OH excluding ortho intramolecular Hbond substituents is 1. The second-order valence-corrected chi connectivity index (χ2v) is 9.82. The molecule has 0 saturated heterocycles. The van der Waals surface area contributed by atoms with E-state index in [1.807, 2.05) is 24.3 Å². The van der Waals surface area contributed by atoms with Crippen LogP contribution in [0.25, 0.3) is 11.1 Å². The molecule has 5 atom stereocenters. The van der Waals surface area contributed by atoms with Crippen molar-refractivity contribution in [3.8, 4) is 16.9 Å². The number of benzene rings is 2. The smallest absolute Gasteiger partial charge is 0.230 e. The molecular formula is C27H27N3O7. The molecule has 7 N–H and O–H groups in total. The summed E-state index contributed by atoms with van der Waals surface area (Å²) in [7, 11) is 1.74. The summed E-state index contributed by atoms with van der Waals surface area (Å²) in [4.78, 5) is 42.8. The van der Waals surface area contributed by atoms with Gasteiger partial charge in [-0.15, -0.1) is 0 Å². The fraction of sp³-hybridized carbons (Fsp3) is 0.333. The molecule has 1 saturated carbocycles. The van der Waals surface area contributed by atoms with Gasteiger partial charge >= 0.3 is 0 Å². The number of nitrogens with one attached hydrogen (secondary N) is 1. The van der Waals surface area contributed by atoms with Crippen LogP contribution in [0.2, 0.25) is 0 Å². The van der Waals surface area contributed by atoms with Gasteiger partial charge in [-0.25, -0.2) is 4.99 Å². The fourth-order valence-electron chi connectivity index (χ4n) is 6.06. The first kappa shape index (κ1) is 24.7. The van der Waals surface area contributed by atoms with Crippen molar-refractivity contribution in [1.29, 1.82) is 0 Å². The van der Waals surface area contributed by atoms with Gasteiger partial charge in [-0.3, -0.25) is 14.4 Å². The van der Waals surface area contributed by atoms with E-state index in [1.165, 1.54) is 6.07 Å². The van der Waals surface area contributed by atoms with Crippen molar-refractivity contribution < 1.29 is 34.8 Å². The average Bonchev–Trinajstić information content (AvgIpc) is 2.85. The molecule has 5 rings (SSSR count). The molecule has 0 radical (unpaired) electrons. The van der Waals surface area contributed by atoms with Crippen LogP contribution in [0.4, 0.5) is 5.69 Å². The summed E-state index contributed by atoms with van der Waals surface area (Å²) in [6.07, 6.45) is 0.369. The predicted molar refractivity (Wildman–Crippen MR) is 133 cm³/mol. The van der Waals surface area contributed by atoms with Crippen LogP contribution in [0.5, 0.6) is 5.75 Å². The Morgan fingerprint density at radius 3 is 2.49 bits per heavy atom. The summed E-state index contributed by atoms with van der Waals surface area (Å²) in [5, 5.41) is 46.4. The van der Waals surface area contributed by atoms with Crippen LogP contribution in [0.3, 0.4) is 0 Å². The highest BCUT2D eigenvalue weighted by Crippen LogP contribution is 2.52. The number of ketones is 2. The number of nitrogens with two attached hydrogens (primary N) is 1. The Morgan fingerprint density at radius 1 is 1.14 bits per heavy atom. The first-order chi connectivity index (χ1) is 17.6. The third kappa shape index (κ3) is 3.63. The number of rotatable bonds is 4. The number of carbonyl (C=O) groups is 3. The number of aromatic hydroxyl groups is 1. The van der Waals surface area contributed by atoms with E-state index in [-0.39, 0.29) is 36.1 Å². The highest BCUT2D eigenvalue weighted by Gasteiger charge is 2.62. The number of allylic oxidation sites excluding steroid dienone is 1. The molecule has 0 aromatic heterocycles. The summed E-state index contributed by atoms with van der Waals surface area (Å²) >= 11 is 0. The number of fused-ring (bicyclic) bond motifs is 3. The Kier molecular flexibility index (Phi) is 5.88. The van der Waals surface area contributed by atoms with Crippen molar-refractivity contribution in [1.82, 2.24) is 5.32 Å². The second kappa shape index (κ2) is 8.82. The number of primary amides is 1. The van der Waals surface area contributed by atoms with Gasteiger partial charge in [0.1, 0.15) is 17.4 Å². The number of phenols is 1. The Morgan fingerprint density at radius 2 is 1.84 bits per heavy atom. The van der Waals surface area contributed by atoms with Gasteiger partial charge in [0.05, 0.1) is 23.7 Å². The van der Waals surface area contributed by atoms with Crippen LogP contribution >= 0.6 is 0 Å². The molecular weight excluding hydrogens is 478 g/mol. The van der Waals surface area contributed by atoms with Gasteiger partial charge in [-0.2, -0.15) is 0 Å². The number of hydrogen-bond donors (Lipinski definition) is 6. The zero-order chi connectivity index (χ0) is 26.6. The minimum atomic E-state index is -2.52. The topological polar surface area (TPSA) is 183 Å². The number of aliphatic hydroxyl groups excluding tert-OH is 2. The van der Waals surface area contributed by atoms with Crippen molar-refractivity contribution in [2.75, 3.05) is 7.05 Å². The first-order valence-corrected chi connectivity index (χ1v) is 12.0. The molecule has 0 spiro atoms. The van der Waals surface area contributed by atoms with E-state index in [1.54, 1.807) is 19.5 Å². The zero-order valence-electron chi connectivity index (χ0n) is 20.0. The normalized spacial score (nSPS) is 29.1. The number of hydrogen-bond acceptors (Lipinski definition) is 8. The predicted octanol–water partition coefficient (Wildman–Crippen LogP) is 1.29. The molecule has 2 unspecified atom stereocenters. The minimum Gasteiger partial charge on any atom is -0.508 e. The number of carbonyl (C=O) groups excluding carboxylic acids is 3. The summed E-state index contributed by atoms with van der Waals surface area (Å²) in [5.74, 6) is -7.24. The molecule has 1 fully saturated rings. The molecule has 2 aromatic carbocycles. The Labute approximate surface area is 212 Å². The summed E-state index contributed by atoms with van der Waals surface area (Å²) in [6.45, 7) is 0. The fourth-order valence-corrected chi connectivity index (χ4v) is 6.06. The van der Waals surface area contributed by atoms with Crippen LogP contribution in [0.15, 0.2) is 52.7 Å². The van der Waals surface area contributed by atoms with E-state index in [0.29, 0.717) is 5.56 Å². The number of aliphatic imine (C=N–C) groups is 1. The largest absolute Gasteiger partial charge is 0.508 e. The van der Waals surface area contributed by atoms with Crippen LogP contribution in [-0.2, 0) is 16.0 Å². The lowest BCUT2D eigenvalue weighted by molar-refractivity contribution is -0.167. The quantitative estimate of drug-likeness (QED) is 0.204. The van der Waals surface area contributed by atoms with Crippen molar-refractivity contribution in [2.45, 2.75) is 31.0 Å². The van der Waals surface area contributed by atoms with Crippen LogP contribution in [-0.4, -0.2) is 63.0 Å². The molecule has 37 heavy (non-hydrogen) atoms. The number of Topliss-reactive ketones (excluding diaryl/α,β-unsaturated/α-hetero) is 2. The first-order valence-electron chi connectivity index (χ1n) is 12.0. The van der Waals surface area contributed by atoms with Gasteiger partial charge in [-0.1, -0.05) is 18.2 Å². The van der Waals surface area contributed by atoms with Crippen molar-refractivity contribution >= 4 is 29.5 Å². The number of amides is 1. The van der Waals surface area contributed by atoms with Gasteiger partial charge in [-0.05, 0) is 60.1 Å². The van der Waals surface area contributed by atoms with Gasteiger partial charge < -0.3 is 31.5 Å². The zero-order valence-corrected chi connectivity index (χ0v) is 20.0. The molecule has 0 aliphatic heterocycles. The highest BCUT2D eigenvalue weighted by atomic mass is 16.3. The Hall–Kier alpha value is -4.02. The molecule has 10 nitrogen and oxygen atoms in total.